The van der Waals surface area contributed by atoms with Gasteiger partial charge in [-0.3, -0.25) is 4.79 Å². The van der Waals surface area contributed by atoms with E-state index in [1.807, 2.05) is 39.8 Å². The molecule has 1 nitrogen and oxygen atoms in total. The van der Waals surface area contributed by atoms with Crippen LogP contribution in [-0.2, 0) is 4.79 Å². The van der Waals surface area contributed by atoms with Crippen LogP contribution in [0.3, 0.4) is 0 Å². The van der Waals surface area contributed by atoms with Crippen LogP contribution in [0, 0.1) is 5.41 Å². The fourth-order valence-electron chi connectivity index (χ4n) is 0.711. The molecule has 0 heterocycles. The highest BCUT2D eigenvalue weighted by Crippen LogP contribution is 2.18. The molecule has 0 rings (SSSR count). The Bertz CT molecular complexity index is 269. The number of hydrogen-bond donors (Lipinski definition) is 0. The van der Waals surface area contributed by atoms with Crippen LogP contribution in [0.25, 0.3) is 0 Å². The summed E-state index contributed by atoms with van der Waals surface area (Å²) in [5, 5.41) is 0. The first-order valence-electron chi connectivity index (χ1n) is 4.44. The molecule has 0 unspecified atom stereocenters. The van der Waals surface area contributed by atoms with Gasteiger partial charge in [-0.05, 0) is 38.5 Å². The van der Waals surface area contributed by atoms with Gasteiger partial charge in [-0.15, -0.1) is 5.73 Å². The molecule has 0 aromatic carbocycles. The molecular weight excluding hydrogens is 160 g/mol. The fraction of sp³-hybridized carbons (Fsp3) is 0.500. The molecule has 0 aromatic rings. The lowest BCUT2D eigenvalue weighted by Crippen LogP contribution is -2.02. The maximum absolute atomic E-state index is 10.7. The van der Waals surface area contributed by atoms with Crippen LogP contribution in [0.15, 0.2) is 29.5 Å². The van der Waals surface area contributed by atoms with E-state index in [1.54, 1.807) is 13.0 Å². The number of allylic oxidation sites excluding steroid dienone is 3. The standard InChI is InChI=1S/C12H18O/c1-10(2)6-8-12(4,5)9-7-11(3)13/h7-9H,1-5H3/b9-7+. The van der Waals surface area contributed by atoms with Crippen molar-refractivity contribution >= 4 is 5.78 Å². The lowest BCUT2D eigenvalue weighted by atomic mass is 9.92. The van der Waals surface area contributed by atoms with E-state index in [-0.39, 0.29) is 11.2 Å². The molecule has 0 aliphatic carbocycles. The number of carbonyl (C=O) groups is 1. The smallest absolute Gasteiger partial charge is 0.152 e. The molecule has 0 aliphatic rings. The van der Waals surface area contributed by atoms with Gasteiger partial charge in [0.05, 0.1) is 0 Å². The second-order valence-electron chi connectivity index (χ2n) is 4.05. The van der Waals surface area contributed by atoms with Crippen molar-refractivity contribution in [2.45, 2.75) is 34.6 Å². The molecule has 0 saturated heterocycles. The van der Waals surface area contributed by atoms with Crippen LogP contribution in [0.2, 0.25) is 0 Å². The Kier molecular flexibility index (Phi) is 4.44. The van der Waals surface area contributed by atoms with Crippen molar-refractivity contribution in [3.8, 4) is 0 Å². The first kappa shape index (κ1) is 11.9. The van der Waals surface area contributed by atoms with E-state index < -0.39 is 0 Å². The quantitative estimate of drug-likeness (QED) is 0.479. The lowest BCUT2D eigenvalue weighted by molar-refractivity contribution is -0.112. The predicted molar refractivity (Wildman–Crippen MR) is 56.5 cm³/mol. The van der Waals surface area contributed by atoms with Gasteiger partial charge in [-0.1, -0.05) is 19.9 Å². The molecule has 0 amide bonds. The Hall–Kier alpha value is -1.07. The molecule has 1 heteroatoms. The third kappa shape index (κ3) is 7.30. The minimum atomic E-state index is -0.0943. The summed E-state index contributed by atoms with van der Waals surface area (Å²) in [6, 6.07) is 0. The summed E-state index contributed by atoms with van der Waals surface area (Å²) in [5.74, 6) is 0.0821. The summed E-state index contributed by atoms with van der Waals surface area (Å²) >= 11 is 0. The van der Waals surface area contributed by atoms with Crippen molar-refractivity contribution in [2.24, 2.45) is 5.41 Å². The van der Waals surface area contributed by atoms with Crippen molar-refractivity contribution in [3.05, 3.63) is 29.5 Å². The lowest BCUT2D eigenvalue weighted by Gasteiger charge is -2.12. The monoisotopic (exact) mass is 178 g/mol. The minimum absolute atomic E-state index is 0.0821. The van der Waals surface area contributed by atoms with E-state index in [1.165, 1.54) is 0 Å². The maximum Gasteiger partial charge on any atom is 0.152 e. The van der Waals surface area contributed by atoms with Crippen LogP contribution in [0.5, 0.6) is 0 Å². The SMILES string of the molecule is CC(=O)/C=C/C(C)(C)C=C=C(C)C. The Morgan fingerprint density at radius 2 is 1.77 bits per heavy atom. The van der Waals surface area contributed by atoms with E-state index >= 15 is 0 Å². The summed E-state index contributed by atoms with van der Waals surface area (Å²) in [6.07, 6.45) is 5.47. The maximum atomic E-state index is 10.7. The van der Waals surface area contributed by atoms with E-state index in [2.05, 4.69) is 5.73 Å². The van der Waals surface area contributed by atoms with E-state index in [0.717, 1.165) is 5.57 Å². The summed E-state index contributed by atoms with van der Waals surface area (Å²) in [7, 11) is 0. The second kappa shape index (κ2) is 4.84. The third-order valence-corrected chi connectivity index (χ3v) is 1.48. The van der Waals surface area contributed by atoms with Crippen molar-refractivity contribution in [2.75, 3.05) is 0 Å². The third-order valence-electron chi connectivity index (χ3n) is 1.48. The normalized spacial score (nSPS) is 11.2. The Balaban J connectivity index is 4.60. The van der Waals surface area contributed by atoms with Gasteiger partial charge < -0.3 is 0 Å². The molecule has 0 fully saturated rings. The molecule has 0 saturated carbocycles. The van der Waals surface area contributed by atoms with Crippen LogP contribution in [0.4, 0.5) is 0 Å². The summed E-state index contributed by atoms with van der Waals surface area (Å²) < 4.78 is 0. The first-order valence-corrected chi connectivity index (χ1v) is 4.44. The number of hydrogen-bond acceptors (Lipinski definition) is 1. The number of ketones is 1. The molecule has 0 aliphatic heterocycles. The molecule has 0 radical (unpaired) electrons. The molecule has 0 aromatic heterocycles. The fourth-order valence-corrected chi connectivity index (χ4v) is 0.711. The van der Waals surface area contributed by atoms with E-state index in [9.17, 15) is 4.79 Å². The average molecular weight is 178 g/mol. The van der Waals surface area contributed by atoms with Crippen molar-refractivity contribution in [3.63, 3.8) is 0 Å². The van der Waals surface area contributed by atoms with Gasteiger partial charge in [0.2, 0.25) is 0 Å². The van der Waals surface area contributed by atoms with Gasteiger partial charge in [0.1, 0.15) is 0 Å². The largest absolute Gasteiger partial charge is 0.295 e. The van der Waals surface area contributed by atoms with Gasteiger partial charge in [0, 0.05) is 5.41 Å². The van der Waals surface area contributed by atoms with Crippen LogP contribution in [0.1, 0.15) is 34.6 Å². The zero-order chi connectivity index (χ0) is 10.5. The topological polar surface area (TPSA) is 17.1 Å². The highest BCUT2D eigenvalue weighted by molar-refractivity contribution is 5.87. The summed E-state index contributed by atoms with van der Waals surface area (Å²) in [6.45, 7) is 9.64. The van der Waals surface area contributed by atoms with Crippen molar-refractivity contribution in [1.29, 1.82) is 0 Å². The molecule has 0 spiro atoms. The first-order chi connectivity index (χ1) is 5.83. The van der Waals surface area contributed by atoms with Gasteiger partial charge in [0.25, 0.3) is 0 Å². The summed E-state index contributed by atoms with van der Waals surface area (Å²) in [4.78, 5) is 10.7. The molecule has 13 heavy (non-hydrogen) atoms. The van der Waals surface area contributed by atoms with Gasteiger partial charge in [-0.25, -0.2) is 0 Å². The summed E-state index contributed by atoms with van der Waals surface area (Å²) in [5.41, 5.74) is 4.19. The van der Waals surface area contributed by atoms with Gasteiger partial charge >= 0.3 is 0 Å². The van der Waals surface area contributed by atoms with Crippen LogP contribution < -0.4 is 0 Å². The zero-order valence-corrected chi connectivity index (χ0v) is 9.14. The number of carbonyl (C=O) groups excluding carboxylic acids is 1. The number of rotatable bonds is 3. The average Bonchev–Trinajstić information content (AvgIpc) is 1.98. The zero-order valence-electron chi connectivity index (χ0n) is 9.14. The Morgan fingerprint density at radius 1 is 1.23 bits per heavy atom. The van der Waals surface area contributed by atoms with E-state index in [0.29, 0.717) is 0 Å². The van der Waals surface area contributed by atoms with Gasteiger partial charge in [0.15, 0.2) is 5.78 Å². The minimum Gasteiger partial charge on any atom is -0.295 e. The van der Waals surface area contributed by atoms with Crippen LogP contribution >= 0.6 is 0 Å². The van der Waals surface area contributed by atoms with Gasteiger partial charge in [-0.2, -0.15) is 0 Å². The molecule has 0 bridgehead atoms. The molecular formula is C12H18O. The highest BCUT2D eigenvalue weighted by Gasteiger charge is 2.08. The van der Waals surface area contributed by atoms with E-state index in [4.69, 9.17) is 0 Å². The predicted octanol–water partition coefficient (Wildman–Crippen LogP) is 3.28. The van der Waals surface area contributed by atoms with Crippen molar-refractivity contribution < 1.29 is 4.79 Å². The second-order valence-corrected chi connectivity index (χ2v) is 4.05. The van der Waals surface area contributed by atoms with Crippen molar-refractivity contribution in [1.82, 2.24) is 0 Å². The Morgan fingerprint density at radius 3 is 2.15 bits per heavy atom. The molecule has 72 valence electrons. The van der Waals surface area contributed by atoms with Crippen LogP contribution in [-0.4, -0.2) is 5.78 Å². The molecule has 0 atom stereocenters. The highest BCUT2D eigenvalue weighted by atomic mass is 16.1. The Labute approximate surface area is 80.8 Å². The molecule has 0 N–H and O–H groups in total.